The third kappa shape index (κ3) is 4.20. The van der Waals surface area contributed by atoms with E-state index in [0.29, 0.717) is 28.2 Å². The Kier molecular flexibility index (Phi) is 5.37. The first kappa shape index (κ1) is 22.0. The van der Waals surface area contributed by atoms with Crippen molar-refractivity contribution in [3.8, 4) is 5.69 Å². The number of aromatic nitrogens is 3. The van der Waals surface area contributed by atoms with Crippen molar-refractivity contribution < 1.29 is 4.79 Å². The van der Waals surface area contributed by atoms with E-state index in [9.17, 15) is 4.79 Å². The molecule has 176 valence electrons. The lowest BCUT2D eigenvalue weighted by Gasteiger charge is -2.56. The van der Waals surface area contributed by atoms with Crippen LogP contribution in [0.5, 0.6) is 0 Å². The normalized spacial score (nSPS) is 27.2. The molecular weight excluding hydrogens is 466 g/mol. The summed E-state index contributed by atoms with van der Waals surface area (Å²) in [6.45, 7) is 2.04. The van der Waals surface area contributed by atoms with Gasteiger partial charge in [0.2, 0.25) is 5.91 Å². The van der Waals surface area contributed by atoms with Crippen LogP contribution < -0.4 is 10.6 Å². The highest BCUT2D eigenvalue weighted by molar-refractivity contribution is 7.80. The number of rotatable bonds is 4. The van der Waals surface area contributed by atoms with Crippen LogP contribution in [0.3, 0.4) is 0 Å². The van der Waals surface area contributed by atoms with Gasteiger partial charge in [0.05, 0.1) is 16.4 Å². The van der Waals surface area contributed by atoms with Crippen molar-refractivity contribution in [1.29, 1.82) is 0 Å². The number of amides is 1. The molecule has 4 bridgehead atoms. The van der Waals surface area contributed by atoms with Crippen LogP contribution in [0.2, 0.25) is 5.02 Å². The van der Waals surface area contributed by atoms with E-state index < -0.39 is 0 Å². The number of fused-ring (bicyclic) bond motifs is 1. The van der Waals surface area contributed by atoms with E-state index >= 15 is 0 Å². The highest BCUT2D eigenvalue weighted by atomic mass is 35.5. The van der Waals surface area contributed by atoms with Crippen LogP contribution in [-0.2, 0) is 4.79 Å². The van der Waals surface area contributed by atoms with Crippen LogP contribution in [0.15, 0.2) is 36.4 Å². The van der Waals surface area contributed by atoms with Gasteiger partial charge in [-0.05, 0) is 105 Å². The first-order chi connectivity index (χ1) is 16.3. The molecule has 1 amide bonds. The molecule has 6 nitrogen and oxygen atoms in total. The molecule has 2 N–H and O–H groups in total. The number of carbonyl (C=O) groups excluding carboxylic acids is 1. The summed E-state index contributed by atoms with van der Waals surface area (Å²) in [5.41, 5.74) is 4.21. The summed E-state index contributed by atoms with van der Waals surface area (Å²) in [6, 6.07) is 11.6. The number of carbonyl (C=O) groups is 1. The molecule has 4 aliphatic carbocycles. The molecule has 0 aliphatic heterocycles. The third-order valence-electron chi connectivity index (χ3n) is 7.94. The maximum Gasteiger partial charge on any atom is 0.226 e. The molecule has 1 aromatic heterocycles. The smallest absolute Gasteiger partial charge is 0.226 e. The van der Waals surface area contributed by atoms with Crippen molar-refractivity contribution in [2.24, 2.45) is 23.2 Å². The summed E-state index contributed by atoms with van der Waals surface area (Å²) < 4.78 is 0. The van der Waals surface area contributed by atoms with Crippen LogP contribution in [0.25, 0.3) is 16.7 Å². The van der Waals surface area contributed by atoms with Crippen LogP contribution >= 0.6 is 23.8 Å². The van der Waals surface area contributed by atoms with Crippen LogP contribution in [0.1, 0.15) is 50.5 Å². The standard InChI is InChI=1S/C26H28ClN5OS/c1-15-2-4-19(5-3-15)32-30-22-9-20(27)21(10-23(22)31-32)28-25(34)29-24(33)14-26-11-16-6-17(12-26)8-18(7-16)13-26/h2-5,9-10,16-18H,6-8,11-14H2,1H3,(H2,28,29,33,34). The maximum atomic E-state index is 12.9. The highest BCUT2D eigenvalue weighted by Crippen LogP contribution is 2.61. The zero-order chi connectivity index (χ0) is 23.4. The number of aryl methyl sites for hydroxylation is 1. The Hall–Kier alpha value is -2.51. The number of halogens is 1. The average molecular weight is 494 g/mol. The van der Waals surface area contributed by atoms with Gasteiger partial charge in [0.15, 0.2) is 5.11 Å². The lowest BCUT2D eigenvalue weighted by molar-refractivity contribution is -0.127. The number of thiocarbonyl (C=S) groups is 1. The number of anilines is 1. The minimum absolute atomic E-state index is 0.00182. The molecule has 0 saturated heterocycles. The number of benzene rings is 2. The molecule has 2 aromatic carbocycles. The molecule has 4 aliphatic rings. The number of nitrogens with one attached hydrogen (secondary N) is 2. The molecule has 4 fully saturated rings. The van der Waals surface area contributed by atoms with Crippen molar-refractivity contribution in [2.75, 3.05) is 5.32 Å². The highest BCUT2D eigenvalue weighted by Gasteiger charge is 2.51. The lowest BCUT2D eigenvalue weighted by atomic mass is 9.49. The van der Waals surface area contributed by atoms with E-state index in [1.165, 1.54) is 44.1 Å². The zero-order valence-corrected chi connectivity index (χ0v) is 20.8. The summed E-state index contributed by atoms with van der Waals surface area (Å²) in [7, 11) is 0. The second kappa shape index (κ2) is 8.31. The third-order valence-corrected chi connectivity index (χ3v) is 8.45. The Morgan fingerprint density at radius 2 is 1.65 bits per heavy atom. The second-order valence-corrected chi connectivity index (χ2v) is 11.6. The number of hydrogen-bond donors (Lipinski definition) is 2. The summed E-state index contributed by atoms with van der Waals surface area (Å²) in [5.74, 6) is 2.47. The molecule has 3 aromatic rings. The van der Waals surface area contributed by atoms with Gasteiger partial charge >= 0.3 is 0 Å². The Balaban J connectivity index is 1.13. The van der Waals surface area contributed by atoms with Gasteiger partial charge < -0.3 is 10.6 Å². The lowest BCUT2D eigenvalue weighted by Crippen LogP contribution is -2.48. The van der Waals surface area contributed by atoms with Gasteiger partial charge in [0.25, 0.3) is 0 Å². The fraction of sp³-hybridized carbons (Fsp3) is 0.462. The monoisotopic (exact) mass is 493 g/mol. The Morgan fingerprint density at radius 3 is 2.26 bits per heavy atom. The first-order valence-corrected chi connectivity index (χ1v) is 12.9. The predicted molar refractivity (Wildman–Crippen MR) is 138 cm³/mol. The summed E-state index contributed by atoms with van der Waals surface area (Å²) in [5, 5.41) is 15.8. The predicted octanol–water partition coefficient (Wildman–Crippen LogP) is 5.80. The number of hydrogen-bond acceptors (Lipinski definition) is 4. The van der Waals surface area contributed by atoms with Gasteiger partial charge in [-0.1, -0.05) is 29.3 Å². The van der Waals surface area contributed by atoms with E-state index in [1.54, 1.807) is 10.9 Å². The minimum atomic E-state index is 0.00182. The SMILES string of the molecule is Cc1ccc(-n2nc3cc(Cl)c(NC(=S)NC(=O)CC45CC6CC(CC(C6)C4)C5)cc3n2)cc1. The molecule has 0 spiro atoms. The van der Waals surface area contributed by atoms with Gasteiger partial charge in [-0.25, -0.2) is 0 Å². The Bertz CT molecular complexity index is 1250. The largest absolute Gasteiger partial charge is 0.331 e. The van der Waals surface area contributed by atoms with Crippen molar-refractivity contribution in [3.63, 3.8) is 0 Å². The first-order valence-electron chi connectivity index (χ1n) is 12.1. The summed E-state index contributed by atoms with van der Waals surface area (Å²) in [4.78, 5) is 14.5. The van der Waals surface area contributed by atoms with E-state index in [0.717, 1.165) is 23.4 Å². The van der Waals surface area contributed by atoms with Crippen molar-refractivity contribution in [2.45, 2.75) is 51.9 Å². The van der Waals surface area contributed by atoms with Gasteiger partial charge in [-0.15, -0.1) is 10.2 Å². The zero-order valence-electron chi connectivity index (χ0n) is 19.2. The molecule has 0 atom stereocenters. The van der Waals surface area contributed by atoms with E-state index in [2.05, 4.69) is 20.8 Å². The fourth-order valence-electron chi connectivity index (χ4n) is 7.00. The van der Waals surface area contributed by atoms with Crippen molar-refractivity contribution in [1.82, 2.24) is 20.3 Å². The molecular formula is C26H28ClN5OS. The van der Waals surface area contributed by atoms with E-state index in [-0.39, 0.29) is 16.4 Å². The van der Waals surface area contributed by atoms with Crippen molar-refractivity contribution >= 4 is 51.6 Å². The molecule has 7 rings (SSSR count). The maximum absolute atomic E-state index is 12.9. The Labute approximate surface area is 209 Å². The number of nitrogens with zero attached hydrogens (tertiary/aromatic N) is 3. The van der Waals surface area contributed by atoms with Gasteiger partial charge in [0, 0.05) is 6.42 Å². The van der Waals surface area contributed by atoms with E-state index in [4.69, 9.17) is 23.8 Å². The van der Waals surface area contributed by atoms with Crippen LogP contribution in [0, 0.1) is 30.1 Å². The molecule has 8 heteroatoms. The van der Waals surface area contributed by atoms with Crippen molar-refractivity contribution in [3.05, 3.63) is 47.0 Å². The van der Waals surface area contributed by atoms with Gasteiger partial charge in [-0.3, -0.25) is 4.79 Å². The average Bonchev–Trinajstić information content (AvgIpc) is 3.15. The Morgan fingerprint density at radius 1 is 1.06 bits per heavy atom. The molecule has 0 unspecified atom stereocenters. The van der Waals surface area contributed by atoms with E-state index in [1.807, 2.05) is 37.3 Å². The molecule has 0 radical (unpaired) electrons. The minimum Gasteiger partial charge on any atom is -0.331 e. The second-order valence-electron chi connectivity index (χ2n) is 10.7. The molecule has 4 saturated carbocycles. The quantitative estimate of drug-likeness (QED) is 0.449. The van der Waals surface area contributed by atoms with Crippen LogP contribution in [-0.4, -0.2) is 26.0 Å². The van der Waals surface area contributed by atoms with Crippen LogP contribution in [0.4, 0.5) is 5.69 Å². The molecule has 34 heavy (non-hydrogen) atoms. The van der Waals surface area contributed by atoms with Gasteiger partial charge in [-0.2, -0.15) is 4.80 Å². The summed E-state index contributed by atoms with van der Waals surface area (Å²) >= 11 is 11.9. The fourth-order valence-corrected chi connectivity index (χ4v) is 7.43. The molecule has 1 heterocycles. The van der Waals surface area contributed by atoms with Gasteiger partial charge in [0.1, 0.15) is 11.0 Å². The summed E-state index contributed by atoms with van der Waals surface area (Å²) in [6.07, 6.45) is 8.28. The topological polar surface area (TPSA) is 71.8 Å².